The molecule has 20 heteroatoms. The van der Waals surface area contributed by atoms with Crippen molar-refractivity contribution in [2.75, 3.05) is 0 Å². The normalized spacial score (nSPS) is 20.7. The van der Waals surface area contributed by atoms with Gasteiger partial charge in [0, 0.05) is 0 Å². The molecule has 2 aliphatic heterocycles. The van der Waals surface area contributed by atoms with Crippen LogP contribution in [0, 0.1) is 0 Å². The van der Waals surface area contributed by atoms with Crippen molar-refractivity contribution in [2.24, 2.45) is 0 Å². The van der Waals surface area contributed by atoms with Gasteiger partial charge in [-0.3, -0.25) is 0 Å². The zero-order valence-electron chi connectivity index (χ0n) is 12.0. The molecule has 0 aromatic rings. The summed E-state index contributed by atoms with van der Waals surface area (Å²) in [6, 6.07) is 0. The second-order valence-electron chi connectivity index (χ2n) is 2.55. The average Bonchev–Trinajstić information content (AvgIpc) is 1.96. The van der Waals surface area contributed by atoms with Gasteiger partial charge in [0.15, 0.2) is 0 Å². The second kappa shape index (κ2) is 14.5. The fourth-order valence-corrected chi connectivity index (χ4v) is 1.05. The van der Waals surface area contributed by atoms with Crippen molar-refractivity contribution in [3.63, 3.8) is 0 Å². The summed E-state index contributed by atoms with van der Waals surface area (Å²) in [7, 11) is -9.06. The number of hydrogen-bond acceptors (Lipinski definition) is 10. The van der Waals surface area contributed by atoms with Crippen LogP contribution < -0.4 is 164 Å². The molecule has 2 aliphatic rings. The zero-order valence-corrected chi connectivity index (χ0v) is 18.2. The summed E-state index contributed by atoms with van der Waals surface area (Å²) in [5, 5.41) is 42.9. The van der Waals surface area contributed by atoms with Crippen LogP contribution in [0.1, 0.15) is 0 Å². The Kier molecular flexibility index (Phi) is 23.3. The van der Waals surface area contributed by atoms with Gasteiger partial charge in [0.25, 0.3) is 22.0 Å². The van der Waals surface area contributed by atoms with E-state index < -0.39 is 36.2 Å². The first kappa shape index (κ1) is 32.1. The molecule has 20 heavy (non-hydrogen) atoms. The van der Waals surface area contributed by atoms with Gasteiger partial charge in [0.2, 0.25) is 0 Å². The molecule has 2 fully saturated rings. The maximum Gasteiger partial charge on any atom is 1.00 e. The Hall–Kier alpha value is 4.37. The molecule has 0 bridgehead atoms. The molecule has 81 valence electrons. The van der Waals surface area contributed by atoms with E-state index in [4.69, 9.17) is 0 Å². The molecule has 1 radical (unpaired) electrons. The van der Waals surface area contributed by atoms with E-state index >= 15 is 0 Å². The van der Waals surface area contributed by atoms with Crippen LogP contribution in [0.4, 0.5) is 0 Å². The van der Waals surface area contributed by atoms with Crippen molar-refractivity contribution in [3.05, 3.63) is 0 Å². The van der Waals surface area contributed by atoms with E-state index in [1.807, 2.05) is 0 Å². The fraction of sp³-hybridized carbons (Fsp3) is 0. The molecule has 0 aromatic heterocycles. The van der Waals surface area contributed by atoms with E-state index in [1.165, 1.54) is 0 Å². The monoisotopic (exact) mass is 376 g/mol. The molecule has 0 amide bonds. The summed E-state index contributed by atoms with van der Waals surface area (Å²) in [5.41, 5.74) is 0. The van der Waals surface area contributed by atoms with Gasteiger partial charge >= 0.3 is 151 Å². The minimum absolute atomic E-state index is 0. The van der Waals surface area contributed by atoms with E-state index in [-0.39, 0.29) is 144 Å². The van der Waals surface area contributed by atoms with Crippen molar-refractivity contribution in [1.82, 2.24) is 0 Å². The largest absolute Gasteiger partial charge is 1.00 e. The van der Waals surface area contributed by atoms with Gasteiger partial charge in [-0.2, -0.15) is 0 Å². The molecule has 10 nitrogen and oxygen atoms in total. The first-order valence-electron chi connectivity index (χ1n) is 3.77. The average molecular weight is 375 g/mol. The van der Waals surface area contributed by atoms with Gasteiger partial charge in [-0.05, 0) is 0 Å². The molecule has 2 rings (SSSR count). The van der Waals surface area contributed by atoms with Crippen LogP contribution in [-0.4, -0.2) is 36.2 Å². The molecule has 2 heterocycles. The smallest absolute Gasteiger partial charge is 1.00 e. The van der Waals surface area contributed by atoms with Crippen LogP contribution >= 0.6 is 0 Å². The SMILES string of the molecule is [Cs+].[Li+].[Li+].[Li+].[Li+].[O-]B1OB([O-])O[B-]2(O1)OB([O-])O[B-]([O-])O2. The fourth-order valence-electron chi connectivity index (χ4n) is 1.05. The van der Waals surface area contributed by atoms with E-state index in [1.54, 1.807) is 0 Å². The topological polar surface area (TPSA) is 148 Å². The van der Waals surface area contributed by atoms with E-state index in [0.717, 1.165) is 0 Å². The minimum atomic E-state index is -3.46. The predicted octanol–water partition coefficient (Wildman–Crippen LogP) is -22.1. The van der Waals surface area contributed by atoms with Crippen molar-refractivity contribution >= 4 is 36.2 Å². The van der Waals surface area contributed by atoms with E-state index in [0.29, 0.717) is 0 Å². The van der Waals surface area contributed by atoms with Gasteiger partial charge in [-0.25, -0.2) is 0 Å². The van der Waals surface area contributed by atoms with Gasteiger partial charge in [-0.15, -0.1) is 0 Å². The van der Waals surface area contributed by atoms with Crippen molar-refractivity contribution in [2.45, 2.75) is 0 Å². The molecule has 2 saturated heterocycles. The van der Waals surface area contributed by atoms with Crippen LogP contribution in [0.5, 0.6) is 0 Å². The third-order valence-corrected chi connectivity index (χ3v) is 1.56. The summed E-state index contributed by atoms with van der Waals surface area (Å²) in [4.78, 5) is 0. The number of hydrogen-bond donors (Lipinski definition) is 0. The summed E-state index contributed by atoms with van der Waals surface area (Å²) in [5.74, 6) is 0. The van der Waals surface area contributed by atoms with Crippen LogP contribution in [0.25, 0.3) is 0 Å². The molecule has 0 atom stereocenters. The molecule has 0 aliphatic carbocycles. The third kappa shape index (κ3) is 9.75. The van der Waals surface area contributed by atoms with Crippen LogP contribution in [-0.2, 0) is 27.4 Å². The second-order valence-corrected chi connectivity index (χ2v) is 2.55. The molecule has 1 spiro atoms. The molecule has 0 unspecified atom stereocenters. The zero-order chi connectivity index (χ0) is 11.1. The Morgan fingerprint density at radius 1 is 0.800 bits per heavy atom. The Balaban J connectivity index is -0.000000256. The Morgan fingerprint density at radius 2 is 1.20 bits per heavy atom. The molecule has 0 N–H and O–H groups in total. The maximum atomic E-state index is 10.7. The van der Waals surface area contributed by atoms with Crippen molar-refractivity contribution in [3.8, 4) is 0 Å². The predicted molar refractivity (Wildman–Crippen MR) is 35.3 cm³/mol. The minimum Gasteiger partial charge on any atom is -1.00 e. The standard InChI is InChI=1S/B5O10.Cs.4Li/c6-1-10-2(7)13-5(12-1)14-3(8)11-4(9)15-5;;;;;/q-6;5*+1. The molecular formula is B5CsLi4O10-. The van der Waals surface area contributed by atoms with Gasteiger partial charge in [0.05, 0.1) is 0 Å². The summed E-state index contributed by atoms with van der Waals surface area (Å²) in [6.07, 6.45) is 0. The molecule has 0 aromatic carbocycles. The molecular weight excluding hydrogens is 375 g/mol. The quantitative estimate of drug-likeness (QED) is 0.374. The van der Waals surface area contributed by atoms with E-state index in [2.05, 4.69) is 27.4 Å². The van der Waals surface area contributed by atoms with Gasteiger partial charge in [-0.1, -0.05) is 7.32 Å². The summed E-state index contributed by atoms with van der Waals surface area (Å²) < 4.78 is 24.9. The summed E-state index contributed by atoms with van der Waals surface area (Å²) >= 11 is 0. The van der Waals surface area contributed by atoms with Crippen molar-refractivity contribution < 1.29 is 192 Å². The van der Waals surface area contributed by atoms with Crippen LogP contribution in [0.15, 0.2) is 0 Å². The Bertz CT molecular complexity index is 204. The first-order valence-corrected chi connectivity index (χ1v) is 3.77. The third-order valence-electron chi connectivity index (χ3n) is 1.56. The Labute approximate surface area is 223 Å². The Morgan fingerprint density at radius 3 is 1.60 bits per heavy atom. The molecule has 0 saturated carbocycles. The number of rotatable bonds is 0. The van der Waals surface area contributed by atoms with Crippen LogP contribution in [0.3, 0.4) is 0 Å². The van der Waals surface area contributed by atoms with Gasteiger partial charge < -0.3 is 47.5 Å². The maximum absolute atomic E-state index is 10.7. The van der Waals surface area contributed by atoms with E-state index in [9.17, 15) is 20.1 Å². The van der Waals surface area contributed by atoms with Crippen molar-refractivity contribution in [1.29, 1.82) is 0 Å². The van der Waals surface area contributed by atoms with Gasteiger partial charge in [0.1, 0.15) is 0 Å². The summed E-state index contributed by atoms with van der Waals surface area (Å²) in [6.45, 7) is -3.46. The van der Waals surface area contributed by atoms with Crippen LogP contribution in [0.2, 0.25) is 0 Å². The first-order chi connectivity index (χ1) is 6.99.